The number of pyridine rings is 1. The number of nitrogens with one attached hydrogen (secondary N) is 2. The zero-order valence-electron chi connectivity index (χ0n) is 25.7. The third-order valence-corrected chi connectivity index (χ3v) is 8.26. The highest BCUT2D eigenvalue weighted by molar-refractivity contribution is 5.84. The number of aromatic nitrogens is 1. The molecular formula is C37H41N5. The summed E-state index contributed by atoms with van der Waals surface area (Å²) in [6.45, 7) is 13.7. The molecule has 0 spiro atoms. The highest BCUT2D eigenvalue weighted by Gasteiger charge is 2.27. The van der Waals surface area contributed by atoms with Crippen molar-refractivity contribution in [2.24, 2.45) is 4.99 Å². The molecule has 1 aromatic heterocycles. The number of nitriles is 1. The van der Waals surface area contributed by atoms with Crippen LogP contribution in [-0.4, -0.2) is 17.2 Å². The van der Waals surface area contributed by atoms with E-state index in [0.29, 0.717) is 6.04 Å². The van der Waals surface area contributed by atoms with Crippen LogP contribution in [0.1, 0.15) is 79.1 Å². The van der Waals surface area contributed by atoms with E-state index in [0.717, 1.165) is 65.1 Å². The summed E-state index contributed by atoms with van der Waals surface area (Å²) in [5.74, 6) is 0. The predicted molar refractivity (Wildman–Crippen MR) is 176 cm³/mol. The molecule has 3 aromatic carbocycles. The molecule has 1 unspecified atom stereocenters. The van der Waals surface area contributed by atoms with Crippen LogP contribution in [0.2, 0.25) is 0 Å². The van der Waals surface area contributed by atoms with Gasteiger partial charge in [0.1, 0.15) is 0 Å². The van der Waals surface area contributed by atoms with Crippen molar-refractivity contribution in [2.45, 2.75) is 79.4 Å². The number of benzene rings is 3. The summed E-state index contributed by atoms with van der Waals surface area (Å²) in [4.78, 5) is 9.76. The molecule has 42 heavy (non-hydrogen) atoms. The summed E-state index contributed by atoms with van der Waals surface area (Å²) in [6.07, 6.45) is 6.52. The number of hydrogen-bond acceptors (Lipinski definition) is 5. The van der Waals surface area contributed by atoms with E-state index in [4.69, 9.17) is 9.98 Å². The van der Waals surface area contributed by atoms with Gasteiger partial charge in [-0.25, -0.2) is 0 Å². The SMILES string of the molecule is CCC=Nc1cc(CNC(C)C)cnc1-c1cccc(-c2cccc(C3Cc4c(C#N)cc(CC)cc4N3)c2C)c1C. The Morgan fingerprint density at radius 3 is 2.48 bits per heavy atom. The third kappa shape index (κ3) is 5.86. The van der Waals surface area contributed by atoms with Crippen LogP contribution in [-0.2, 0) is 19.4 Å². The smallest absolute Gasteiger partial charge is 0.0995 e. The van der Waals surface area contributed by atoms with E-state index in [1.54, 1.807) is 0 Å². The van der Waals surface area contributed by atoms with E-state index in [1.807, 2.05) is 18.5 Å². The lowest BCUT2D eigenvalue weighted by molar-refractivity contribution is 0.588. The summed E-state index contributed by atoms with van der Waals surface area (Å²) >= 11 is 0. The molecule has 1 aliphatic rings. The minimum Gasteiger partial charge on any atom is -0.378 e. The maximum Gasteiger partial charge on any atom is 0.0995 e. The minimum atomic E-state index is 0.131. The quantitative estimate of drug-likeness (QED) is 0.202. The standard InChI is InChI=1S/C37H41N5/c1-7-15-39-36-18-27(21-40-23(3)4)22-41-37(36)32-14-10-12-30(25(32)6)29-11-9-13-31(24(29)5)35-19-33-28(20-38)16-26(8-2)17-34(33)42-35/h9-18,22-23,35,40,42H,7-8,19,21H2,1-6H3. The Balaban J connectivity index is 1.52. The maximum absolute atomic E-state index is 9.81. The van der Waals surface area contributed by atoms with Crippen molar-refractivity contribution in [1.29, 1.82) is 5.26 Å². The van der Waals surface area contributed by atoms with Gasteiger partial charge in [0.25, 0.3) is 0 Å². The fraction of sp³-hybridized carbons (Fsp3) is 0.324. The third-order valence-electron chi connectivity index (χ3n) is 8.26. The second-order valence-corrected chi connectivity index (χ2v) is 11.5. The fourth-order valence-electron chi connectivity index (χ4n) is 5.93. The molecule has 1 aliphatic heterocycles. The second-order valence-electron chi connectivity index (χ2n) is 11.5. The summed E-state index contributed by atoms with van der Waals surface area (Å²) in [6, 6.07) is 22.4. The molecule has 0 saturated carbocycles. The number of nitrogens with zero attached hydrogens (tertiary/aromatic N) is 3. The van der Waals surface area contributed by atoms with Crippen LogP contribution in [0.15, 0.2) is 65.8 Å². The molecular weight excluding hydrogens is 514 g/mol. The van der Waals surface area contributed by atoms with Gasteiger partial charge >= 0.3 is 0 Å². The Labute approximate surface area is 250 Å². The van der Waals surface area contributed by atoms with Gasteiger partial charge in [0.2, 0.25) is 0 Å². The Kier molecular flexibility index (Phi) is 8.85. The van der Waals surface area contributed by atoms with Crippen LogP contribution in [0.3, 0.4) is 0 Å². The number of aryl methyl sites for hydroxylation is 1. The normalized spacial score (nSPS) is 14.3. The molecule has 214 valence electrons. The van der Waals surface area contributed by atoms with E-state index >= 15 is 0 Å². The van der Waals surface area contributed by atoms with Crippen molar-refractivity contribution in [3.8, 4) is 28.5 Å². The fourth-order valence-corrected chi connectivity index (χ4v) is 5.93. The van der Waals surface area contributed by atoms with E-state index in [2.05, 4.69) is 107 Å². The summed E-state index contributed by atoms with van der Waals surface area (Å²) < 4.78 is 0. The molecule has 2 heterocycles. The van der Waals surface area contributed by atoms with Crippen LogP contribution in [0.5, 0.6) is 0 Å². The zero-order valence-corrected chi connectivity index (χ0v) is 25.7. The van der Waals surface area contributed by atoms with E-state index in [-0.39, 0.29) is 6.04 Å². The number of hydrogen-bond donors (Lipinski definition) is 2. The lowest BCUT2D eigenvalue weighted by atomic mass is 9.88. The monoisotopic (exact) mass is 555 g/mol. The average Bonchev–Trinajstić information content (AvgIpc) is 3.43. The number of anilines is 1. The van der Waals surface area contributed by atoms with Crippen LogP contribution in [0.4, 0.5) is 11.4 Å². The largest absolute Gasteiger partial charge is 0.378 e. The van der Waals surface area contributed by atoms with E-state index in [1.165, 1.54) is 33.4 Å². The number of rotatable bonds is 9. The van der Waals surface area contributed by atoms with Gasteiger partial charge in [-0.05, 0) is 89.4 Å². The lowest BCUT2D eigenvalue weighted by Crippen LogP contribution is -2.21. The van der Waals surface area contributed by atoms with Crippen molar-refractivity contribution in [1.82, 2.24) is 10.3 Å². The molecule has 0 fully saturated rings. The Bertz CT molecular complexity index is 1670. The van der Waals surface area contributed by atoms with Gasteiger partial charge in [-0.2, -0.15) is 5.26 Å². The first-order valence-electron chi connectivity index (χ1n) is 15.1. The molecule has 5 rings (SSSR count). The molecule has 0 radical (unpaired) electrons. The second kappa shape index (κ2) is 12.7. The van der Waals surface area contributed by atoms with Crippen LogP contribution >= 0.6 is 0 Å². The first-order valence-corrected chi connectivity index (χ1v) is 15.1. The van der Waals surface area contributed by atoms with Gasteiger partial charge in [0.05, 0.1) is 29.1 Å². The minimum absolute atomic E-state index is 0.131. The average molecular weight is 556 g/mol. The molecule has 5 heteroatoms. The first-order chi connectivity index (χ1) is 20.3. The molecule has 0 aliphatic carbocycles. The first kappa shape index (κ1) is 29.2. The van der Waals surface area contributed by atoms with Crippen LogP contribution in [0, 0.1) is 25.2 Å². The highest BCUT2D eigenvalue weighted by atomic mass is 15.0. The van der Waals surface area contributed by atoms with E-state index in [9.17, 15) is 5.26 Å². The van der Waals surface area contributed by atoms with Crippen LogP contribution in [0.25, 0.3) is 22.4 Å². The van der Waals surface area contributed by atoms with Crippen molar-refractivity contribution in [3.63, 3.8) is 0 Å². The van der Waals surface area contributed by atoms with E-state index < -0.39 is 0 Å². The topological polar surface area (TPSA) is 73.1 Å². The summed E-state index contributed by atoms with van der Waals surface area (Å²) in [5.41, 5.74) is 14.4. The maximum atomic E-state index is 9.81. The summed E-state index contributed by atoms with van der Waals surface area (Å²) in [7, 11) is 0. The Morgan fingerprint density at radius 2 is 1.76 bits per heavy atom. The summed E-state index contributed by atoms with van der Waals surface area (Å²) in [5, 5.41) is 17.0. The Hall–Kier alpha value is -4.27. The predicted octanol–water partition coefficient (Wildman–Crippen LogP) is 8.79. The van der Waals surface area contributed by atoms with Crippen molar-refractivity contribution < 1.29 is 0 Å². The molecule has 1 atom stereocenters. The van der Waals surface area contributed by atoms with Gasteiger partial charge < -0.3 is 10.6 Å². The molecule has 2 N–H and O–H groups in total. The molecule has 4 aromatic rings. The van der Waals surface area contributed by atoms with Crippen molar-refractivity contribution in [2.75, 3.05) is 5.32 Å². The lowest BCUT2D eigenvalue weighted by Gasteiger charge is -2.20. The van der Waals surface area contributed by atoms with Gasteiger partial charge in [-0.15, -0.1) is 0 Å². The Morgan fingerprint density at radius 1 is 1.02 bits per heavy atom. The van der Waals surface area contributed by atoms with Gasteiger partial charge in [-0.3, -0.25) is 9.98 Å². The van der Waals surface area contributed by atoms with Gasteiger partial charge in [0, 0.05) is 42.7 Å². The van der Waals surface area contributed by atoms with Crippen LogP contribution < -0.4 is 10.6 Å². The van der Waals surface area contributed by atoms with Crippen molar-refractivity contribution >= 4 is 17.6 Å². The molecule has 0 bridgehead atoms. The van der Waals surface area contributed by atoms with Crippen molar-refractivity contribution in [3.05, 3.63) is 99.7 Å². The molecule has 0 saturated heterocycles. The molecule has 5 nitrogen and oxygen atoms in total. The highest BCUT2D eigenvalue weighted by Crippen LogP contribution is 2.42. The molecule has 0 amide bonds. The van der Waals surface area contributed by atoms with Gasteiger partial charge in [-0.1, -0.05) is 64.1 Å². The number of fused-ring (bicyclic) bond motifs is 1. The van der Waals surface area contributed by atoms with Gasteiger partial charge in [0.15, 0.2) is 0 Å². The number of aliphatic imine (C=N–C) groups is 1. The zero-order chi connectivity index (χ0) is 29.8.